The molecule has 2 aliphatic heterocycles. The number of morpholine rings is 1. The zero-order valence-corrected chi connectivity index (χ0v) is 35.5. The van der Waals surface area contributed by atoms with Gasteiger partial charge in [-0.05, 0) is 87.1 Å². The molecule has 316 valence electrons. The Morgan fingerprint density at radius 3 is 2.55 bits per heavy atom. The maximum Gasteiger partial charge on any atom is 0.305 e. The Morgan fingerprint density at radius 2 is 1.79 bits per heavy atom. The predicted octanol–water partition coefficient (Wildman–Crippen LogP) is 4.64. The Hall–Kier alpha value is -3.70. The number of thiazole rings is 2. The van der Waals surface area contributed by atoms with Crippen LogP contribution < -0.4 is 10.2 Å². The Morgan fingerprint density at radius 1 is 1.00 bits per heavy atom. The number of H-pyrrole nitrogens is 1. The lowest BCUT2D eigenvalue weighted by Gasteiger charge is -2.47. The van der Waals surface area contributed by atoms with Crippen molar-refractivity contribution in [3.8, 4) is 5.75 Å². The molecule has 0 aliphatic carbocycles. The molecule has 13 nitrogen and oxygen atoms in total. The van der Waals surface area contributed by atoms with Crippen molar-refractivity contribution in [2.75, 3.05) is 85.3 Å². The molecule has 0 saturated carbocycles. The number of phenols is 1. The smallest absolute Gasteiger partial charge is 0.305 e. The van der Waals surface area contributed by atoms with Gasteiger partial charge < -0.3 is 44.7 Å². The molecule has 4 N–H and O–H groups in total. The second-order valence-electron chi connectivity index (χ2n) is 15.4. The van der Waals surface area contributed by atoms with Gasteiger partial charge in [-0.3, -0.25) is 14.4 Å². The minimum Gasteiger partial charge on any atom is -0.506 e. The average Bonchev–Trinajstić information content (AvgIpc) is 3.89. The fraction of sp³-hybridized carbons (Fsp3) is 0.581. The molecule has 2 fully saturated rings. The van der Waals surface area contributed by atoms with E-state index in [1.807, 2.05) is 21.2 Å². The maximum absolute atomic E-state index is 13.2. The molecular formula is C43H60N6O7S2. The second-order valence-corrected chi connectivity index (χ2v) is 17.3. The first-order valence-corrected chi connectivity index (χ1v) is 22.6. The Balaban J connectivity index is 0.850. The van der Waals surface area contributed by atoms with Gasteiger partial charge in [0.1, 0.15) is 17.0 Å². The standard InChI is InChI=1S/C43H60N6O7S2/c1-2-37-45-35(30-57-37)41(53)49-25-29-56-43(31-49)16-22-47(23-17-43)21-13-32-6-8-33(9-7-32)14-27-55-28-15-38(52)48(20-4-3-5-26-50)24-19-44-18-12-34-10-11-36(51)39-40(34)58-42(54)46-39/h6-11,30,44,50-51H,2-5,12-29,31H2,1H3,(H,46,54). The monoisotopic (exact) mass is 836 g/mol. The van der Waals surface area contributed by atoms with E-state index in [4.69, 9.17) is 9.47 Å². The van der Waals surface area contributed by atoms with Gasteiger partial charge in [-0.1, -0.05) is 48.6 Å². The number of hydrogen-bond donors (Lipinski definition) is 4. The first-order chi connectivity index (χ1) is 28.3. The summed E-state index contributed by atoms with van der Waals surface area (Å²) in [5, 5.41) is 25.5. The van der Waals surface area contributed by atoms with Gasteiger partial charge >= 0.3 is 4.87 Å². The van der Waals surface area contributed by atoms with E-state index in [0.29, 0.717) is 83.1 Å². The number of piperidine rings is 1. The van der Waals surface area contributed by atoms with E-state index in [1.165, 1.54) is 11.1 Å². The minimum atomic E-state index is -0.261. The quantitative estimate of drug-likeness (QED) is 0.0823. The van der Waals surface area contributed by atoms with Crippen LogP contribution in [0.2, 0.25) is 0 Å². The molecule has 0 bridgehead atoms. The van der Waals surface area contributed by atoms with E-state index in [9.17, 15) is 24.6 Å². The largest absolute Gasteiger partial charge is 0.506 e. The van der Waals surface area contributed by atoms with Crippen molar-refractivity contribution >= 4 is 44.7 Å². The molecule has 0 unspecified atom stereocenters. The molecule has 2 aromatic carbocycles. The number of aryl methyl sites for hydroxylation is 1. The van der Waals surface area contributed by atoms with Crippen LogP contribution in [0.5, 0.6) is 5.75 Å². The van der Waals surface area contributed by atoms with Crippen molar-refractivity contribution in [1.29, 1.82) is 0 Å². The molecule has 4 aromatic rings. The number of nitrogens with zero attached hydrogens (tertiary/aromatic N) is 4. The summed E-state index contributed by atoms with van der Waals surface area (Å²) in [7, 11) is 0. The van der Waals surface area contributed by atoms with E-state index in [2.05, 4.69) is 51.4 Å². The third kappa shape index (κ3) is 12.4. The topological polar surface area (TPSA) is 161 Å². The van der Waals surface area contributed by atoms with Gasteiger partial charge in [-0.25, -0.2) is 4.98 Å². The van der Waals surface area contributed by atoms with E-state index in [0.717, 1.165) is 97.6 Å². The van der Waals surface area contributed by atoms with Crippen LogP contribution in [0.25, 0.3) is 10.2 Å². The van der Waals surface area contributed by atoms with Crippen molar-refractivity contribution in [2.45, 2.75) is 76.7 Å². The third-order valence-electron chi connectivity index (χ3n) is 11.3. The van der Waals surface area contributed by atoms with Crippen molar-refractivity contribution in [1.82, 2.24) is 30.0 Å². The summed E-state index contributed by atoms with van der Waals surface area (Å²) < 4.78 is 13.0. The number of benzene rings is 2. The van der Waals surface area contributed by atoms with Crippen molar-refractivity contribution in [2.24, 2.45) is 0 Å². The highest BCUT2D eigenvalue weighted by atomic mass is 32.1. The third-order valence-corrected chi connectivity index (χ3v) is 13.3. The number of aromatic nitrogens is 2. The number of hydrogen-bond acceptors (Lipinski definition) is 12. The summed E-state index contributed by atoms with van der Waals surface area (Å²) in [6.07, 6.45) is 7.90. The van der Waals surface area contributed by atoms with Crippen LogP contribution in [0.1, 0.15) is 77.6 Å². The molecule has 2 aromatic heterocycles. The van der Waals surface area contributed by atoms with Crippen LogP contribution >= 0.6 is 22.7 Å². The summed E-state index contributed by atoms with van der Waals surface area (Å²) in [6, 6.07) is 12.2. The zero-order valence-electron chi connectivity index (χ0n) is 33.8. The lowest BCUT2D eigenvalue weighted by Crippen LogP contribution is -2.58. The number of aromatic hydroxyl groups is 1. The number of fused-ring (bicyclic) bond motifs is 1. The molecule has 0 atom stereocenters. The SMILES string of the molecule is CCc1nc(C(=O)N2CCOC3(CCN(CCc4ccc(CCOCCC(=O)N(CCCCCO)CCNCCc5ccc(O)c6[nH]c(=O)sc56)cc4)CC3)C2)cs1. The molecule has 1 spiro atoms. The van der Waals surface area contributed by atoms with Gasteiger partial charge in [0.05, 0.1) is 48.1 Å². The summed E-state index contributed by atoms with van der Waals surface area (Å²) in [6.45, 7) is 10.4. The maximum atomic E-state index is 13.2. The zero-order chi connectivity index (χ0) is 40.7. The van der Waals surface area contributed by atoms with E-state index in [1.54, 1.807) is 17.4 Å². The number of likely N-dealkylation sites (tertiary alicyclic amines) is 1. The highest BCUT2D eigenvalue weighted by Crippen LogP contribution is 2.31. The first kappa shape index (κ1) is 43.9. The fourth-order valence-corrected chi connectivity index (χ4v) is 9.41. The molecule has 0 radical (unpaired) electrons. The highest BCUT2D eigenvalue weighted by molar-refractivity contribution is 7.16. The van der Waals surface area contributed by atoms with Gasteiger partial charge in [-0.2, -0.15) is 0 Å². The molecule has 2 aliphatic rings. The van der Waals surface area contributed by atoms with Crippen LogP contribution in [0.4, 0.5) is 0 Å². The number of aliphatic hydroxyl groups excluding tert-OH is 1. The highest BCUT2D eigenvalue weighted by Gasteiger charge is 2.41. The van der Waals surface area contributed by atoms with Crippen LogP contribution in [0.15, 0.2) is 46.6 Å². The number of phenolic OH excluding ortho intramolecular Hbond substituents is 1. The number of nitrogens with one attached hydrogen (secondary N) is 2. The van der Waals surface area contributed by atoms with Crippen LogP contribution in [-0.2, 0) is 40.0 Å². The van der Waals surface area contributed by atoms with Crippen molar-refractivity contribution < 1.29 is 29.3 Å². The molecule has 58 heavy (non-hydrogen) atoms. The first-order valence-electron chi connectivity index (χ1n) is 20.9. The molecule has 2 amide bonds. The molecule has 2 saturated heterocycles. The molecular weight excluding hydrogens is 777 g/mol. The van der Waals surface area contributed by atoms with E-state index in [-0.39, 0.29) is 34.6 Å². The van der Waals surface area contributed by atoms with Gasteiger partial charge in [0, 0.05) is 57.8 Å². The number of ether oxygens (including phenoxy) is 2. The number of carbonyl (C=O) groups is 2. The normalized spacial score (nSPS) is 15.7. The van der Waals surface area contributed by atoms with E-state index >= 15 is 0 Å². The number of unbranched alkanes of at least 4 members (excludes halogenated alkanes) is 2. The molecule has 6 rings (SSSR count). The predicted molar refractivity (Wildman–Crippen MR) is 229 cm³/mol. The summed E-state index contributed by atoms with van der Waals surface area (Å²) in [5.41, 5.74) is 4.30. The van der Waals surface area contributed by atoms with Crippen LogP contribution in [0, 0.1) is 0 Å². The number of amides is 2. The Labute approximate surface area is 349 Å². The van der Waals surface area contributed by atoms with Gasteiger partial charge in [0.2, 0.25) is 5.91 Å². The number of aromatic amines is 1. The molecule has 15 heteroatoms. The Kier molecular flexibility index (Phi) is 16.7. The Bertz CT molecular complexity index is 1960. The summed E-state index contributed by atoms with van der Waals surface area (Å²) in [5.74, 6) is 0.167. The number of rotatable bonds is 22. The average molecular weight is 837 g/mol. The molecule has 4 heterocycles. The van der Waals surface area contributed by atoms with Gasteiger partial charge in [0.15, 0.2) is 0 Å². The second kappa shape index (κ2) is 22.1. The lowest BCUT2D eigenvalue weighted by atomic mass is 9.89. The van der Waals surface area contributed by atoms with Crippen LogP contribution in [-0.4, -0.2) is 138 Å². The summed E-state index contributed by atoms with van der Waals surface area (Å²) >= 11 is 2.66. The van der Waals surface area contributed by atoms with E-state index < -0.39 is 0 Å². The van der Waals surface area contributed by atoms with Crippen molar-refractivity contribution in [3.05, 3.63) is 78.8 Å². The number of carbonyl (C=O) groups excluding carboxylic acids is 2. The fourth-order valence-electron chi connectivity index (χ4n) is 7.79. The minimum absolute atomic E-state index is 0.0257. The summed E-state index contributed by atoms with van der Waals surface area (Å²) in [4.78, 5) is 51.5. The van der Waals surface area contributed by atoms with Gasteiger partial charge in [-0.15, -0.1) is 11.3 Å². The van der Waals surface area contributed by atoms with Crippen LogP contribution in [0.3, 0.4) is 0 Å². The number of aliphatic hydroxyl groups is 1. The lowest BCUT2D eigenvalue weighted by molar-refractivity contribution is -0.132. The van der Waals surface area contributed by atoms with Crippen molar-refractivity contribution in [3.63, 3.8) is 0 Å². The van der Waals surface area contributed by atoms with Gasteiger partial charge in [0.25, 0.3) is 5.91 Å².